The summed E-state index contributed by atoms with van der Waals surface area (Å²) in [5, 5.41) is 0.345. The van der Waals surface area contributed by atoms with Crippen LogP contribution in [0.25, 0.3) is 0 Å². The van der Waals surface area contributed by atoms with Crippen LogP contribution in [-0.2, 0) is 10.0 Å². The van der Waals surface area contributed by atoms with Crippen LogP contribution in [0.2, 0.25) is 10.0 Å². The predicted molar refractivity (Wildman–Crippen MR) is 86.3 cm³/mol. The van der Waals surface area contributed by atoms with Crippen LogP contribution in [0.15, 0.2) is 17.0 Å². The van der Waals surface area contributed by atoms with Gasteiger partial charge in [-0.25, -0.2) is 13.1 Å². The molecule has 0 saturated carbocycles. The third-order valence-corrected chi connectivity index (χ3v) is 6.10. The van der Waals surface area contributed by atoms with Crippen LogP contribution in [0.3, 0.4) is 0 Å². The summed E-state index contributed by atoms with van der Waals surface area (Å²) in [7, 11) is -1.73. The maximum absolute atomic E-state index is 12.5. The number of nitrogens with one attached hydrogen (secondary N) is 1. The Morgan fingerprint density at radius 1 is 1.38 bits per heavy atom. The van der Waals surface area contributed by atoms with Gasteiger partial charge in [-0.3, -0.25) is 0 Å². The molecule has 3 N–H and O–H groups in total. The molecule has 1 aromatic carbocycles. The molecule has 1 heterocycles. The number of likely N-dealkylation sites (tertiary alicyclic amines) is 1. The summed E-state index contributed by atoms with van der Waals surface area (Å²) in [5.41, 5.74) is 5.82. The number of halogens is 2. The zero-order valence-electron chi connectivity index (χ0n) is 11.9. The minimum Gasteiger partial charge on any atom is -0.398 e. The highest BCUT2D eigenvalue weighted by atomic mass is 35.5. The highest BCUT2D eigenvalue weighted by Crippen LogP contribution is 2.31. The molecule has 1 aliphatic heterocycles. The Hall–Kier alpha value is -0.530. The summed E-state index contributed by atoms with van der Waals surface area (Å²) in [6.45, 7) is 2.92. The van der Waals surface area contributed by atoms with Gasteiger partial charge in [-0.05, 0) is 45.5 Å². The van der Waals surface area contributed by atoms with Crippen molar-refractivity contribution in [1.82, 2.24) is 9.62 Å². The number of nitrogens with zero attached hydrogens (tertiary/aromatic N) is 1. The van der Waals surface area contributed by atoms with Crippen LogP contribution < -0.4 is 10.5 Å². The molecule has 21 heavy (non-hydrogen) atoms. The van der Waals surface area contributed by atoms with Crippen LogP contribution in [-0.4, -0.2) is 39.0 Å². The number of benzene rings is 1. The zero-order valence-corrected chi connectivity index (χ0v) is 14.3. The molecule has 0 aromatic heterocycles. The second-order valence-electron chi connectivity index (χ2n) is 5.48. The summed E-state index contributed by atoms with van der Waals surface area (Å²) in [6, 6.07) is 2.97. The Bertz CT molecular complexity index is 613. The Morgan fingerprint density at radius 3 is 2.62 bits per heavy atom. The van der Waals surface area contributed by atoms with E-state index in [4.69, 9.17) is 28.9 Å². The van der Waals surface area contributed by atoms with E-state index >= 15 is 0 Å². The maximum atomic E-state index is 12.5. The number of anilines is 1. The molecular formula is C13H19Cl2N3O2S. The van der Waals surface area contributed by atoms with Gasteiger partial charge < -0.3 is 10.6 Å². The number of hydrogen-bond acceptors (Lipinski definition) is 4. The van der Waals surface area contributed by atoms with Gasteiger partial charge in [0, 0.05) is 17.1 Å². The van der Waals surface area contributed by atoms with Gasteiger partial charge in [0.25, 0.3) is 0 Å². The number of nitrogens with two attached hydrogens (primary N) is 1. The number of rotatable bonds is 3. The molecule has 0 bridgehead atoms. The smallest absolute Gasteiger partial charge is 0.244 e. The van der Waals surface area contributed by atoms with Crippen LogP contribution >= 0.6 is 23.2 Å². The van der Waals surface area contributed by atoms with Gasteiger partial charge in [0.2, 0.25) is 10.0 Å². The van der Waals surface area contributed by atoms with Gasteiger partial charge in [-0.15, -0.1) is 0 Å². The lowest BCUT2D eigenvalue weighted by Gasteiger charge is -2.35. The molecule has 2 rings (SSSR count). The molecule has 0 aliphatic carbocycles. The predicted octanol–water partition coefficient (Wildman–Crippen LogP) is 2.34. The van der Waals surface area contributed by atoms with Crippen molar-refractivity contribution in [3.63, 3.8) is 0 Å². The van der Waals surface area contributed by atoms with Crippen molar-refractivity contribution in [2.75, 3.05) is 19.3 Å². The van der Waals surface area contributed by atoms with Crippen molar-refractivity contribution < 1.29 is 8.42 Å². The molecular weight excluding hydrogens is 333 g/mol. The molecule has 118 valence electrons. The zero-order chi connectivity index (χ0) is 15.8. The first-order chi connectivity index (χ1) is 9.70. The molecule has 2 unspecified atom stereocenters. The second-order valence-corrected chi connectivity index (χ2v) is 7.97. The third-order valence-electron chi connectivity index (χ3n) is 3.84. The van der Waals surface area contributed by atoms with Crippen LogP contribution in [0.1, 0.15) is 19.8 Å². The van der Waals surface area contributed by atoms with E-state index in [2.05, 4.69) is 16.5 Å². The molecule has 0 radical (unpaired) electrons. The molecule has 1 fully saturated rings. The van der Waals surface area contributed by atoms with Crippen LogP contribution in [0.5, 0.6) is 0 Å². The van der Waals surface area contributed by atoms with E-state index in [1.807, 2.05) is 7.05 Å². The first-order valence-electron chi connectivity index (χ1n) is 6.68. The molecule has 8 heteroatoms. The van der Waals surface area contributed by atoms with E-state index in [0.29, 0.717) is 11.1 Å². The largest absolute Gasteiger partial charge is 0.398 e. The minimum absolute atomic E-state index is 0.0356. The standard InChI is InChI=1S/C13H19Cl2N3O2S/c1-8-5-10(3-4-18(8)2)17-21(19,20)13-11(15)6-9(14)7-12(13)16/h6-8,10,17H,3-5,16H2,1-2H3. The Kier molecular flexibility index (Phi) is 5.05. The van der Waals surface area contributed by atoms with E-state index in [1.54, 1.807) is 0 Å². The molecule has 0 amide bonds. The fraction of sp³-hybridized carbons (Fsp3) is 0.538. The average molecular weight is 352 g/mol. The lowest BCUT2D eigenvalue weighted by atomic mass is 10.0. The van der Waals surface area contributed by atoms with Gasteiger partial charge in [0.1, 0.15) is 4.90 Å². The number of piperidine rings is 1. The highest BCUT2D eigenvalue weighted by molar-refractivity contribution is 7.89. The van der Waals surface area contributed by atoms with Crippen molar-refractivity contribution in [3.8, 4) is 0 Å². The fourth-order valence-corrected chi connectivity index (χ4v) is 4.81. The summed E-state index contributed by atoms with van der Waals surface area (Å²) in [6.07, 6.45) is 1.51. The quantitative estimate of drug-likeness (QED) is 0.819. The lowest BCUT2D eigenvalue weighted by Crippen LogP contribution is -2.47. The first kappa shape index (κ1) is 16.8. The minimum atomic E-state index is -3.76. The van der Waals surface area contributed by atoms with Gasteiger partial charge in [0.05, 0.1) is 10.7 Å². The van der Waals surface area contributed by atoms with Crippen LogP contribution in [0, 0.1) is 0 Å². The molecule has 1 aromatic rings. The summed E-state index contributed by atoms with van der Waals surface area (Å²) in [5.74, 6) is 0. The normalized spacial score (nSPS) is 24.2. The Labute approximate surface area is 135 Å². The summed E-state index contributed by atoms with van der Waals surface area (Å²) < 4.78 is 27.7. The molecule has 1 aliphatic rings. The molecule has 0 spiro atoms. The van der Waals surface area contributed by atoms with Gasteiger partial charge >= 0.3 is 0 Å². The molecule has 1 saturated heterocycles. The van der Waals surface area contributed by atoms with Gasteiger partial charge in [-0.2, -0.15) is 0 Å². The number of nitrogen functional groups attached to an aromatic ring is 1. The molecule has 5 nitrogen and oxygen atoms in total. The van der Waals surface area contributed by atoms with Gasteiger partial charge in [0.15, 0.2) is 0 Å². The van der Waals surface area contributed by atoms with E-state index in [9.17, 15) is 8.42 Å². The maximum Gasteiger partial charge on any atom is 0.244 e. The fourth-order valence-electron chi connectivity index (χ4n) is 2.54. The highest BCUT2D eigenvalue weighted by Gasteiger charge is 2.29. The third kappa shape index (κ3) is 3.81. The van der Waals surface area contributed by atoms with Gasteiger partial charge in [-0.1, -0.05) is 23.2 Å². The first-order valence-corrected chi connectivity index (χ1v) is 8.91. The molecule has 2 atom stereocenters. The van der Waals surface area contributed by atoms with Crippen molar-refractivity contribution in [2.24, 2.45) is 0 Å². The van der Waals surface area contributed by atoms with E-state index in [-0.39, 0.29) is 21.6 Å². The average Bonchev–Trinajstić information content (AvgIpc) is 2.31. The topological polar surface area (TPSA) is 75.4 Å². The van der Waals surface area contributed by atoms with E-state index < -0.39 is 10.0 Å². The van der Waals surface area contributed by atoms with Crippen molar-refractivity contribution >= 4 is 38.9 Å². The van der Waals surface area contributed by atoms with Crippen LogP contribution in [0.4, 0.5) is 5.69 Å². The van der Waals surface area contributed by atoms with E-state index in [1.165, 1.54) is 12.1 Å². The monoisotopic (exact) mass is 351 g/mol. The number of hydrogen-bond donors (Lipinski definition) is 2. The Balaban J connectivity index is 2.24. The lowest BCUT2D eigenvalue weighted by molar-refractivity contribution is 0.178. The van der Waals surface area contributed by atoms with E-state index in [0.717, 1.165) is 19.4 Å². The summed E-state index contributed by atoms with van der Waals surface area (Å²) >= 11 is 11.8. The van der Waals surface area contributed by atoms with Crippen molar-refractivity contribution in [2.45, 2.75) is 36.7 Å². The SMILES string of the molecule is CC1CC(NS(=O)(=O)c2c(N)cc(Cl)cc2Cl)CCN1C. The van der Waals surface area contributed by atoms with Crippen molar-refractivity contribution in [1.29, 1.82) is 0 Å². The van der Waals surface area contributed by atoms with Crippen molar-refractivity contribution in [3.05, 3.63) is 22.2 Å². The summed E-state index contributed by atoms with van der Waals surface area (Å²) in [4.78, 5) is 2.11. The second kappa shape index (κ2) is 6.30. The number of sulfonamides is 1. The Morgan fingerprint density at radius 2 is 2.05 bits per heavy atom.